The zero-order valence-corrected chi connectivity index (χ0v) is 13.1. The summed E-state index contributed by atoms with van der Waals surface area (Å²) in [6, 6.07) is 7.39. The first-order valence-corrected chi connectivity index (χ1v) is 7.40. The van der Waals surface area contributed by atoms with Crippen LogP contribution in [-0.2, 0) is 0 Å². The van der Waals surface area contributed by atoms with Crippen molar-refractivity contribution in [2.75, 3.05) is 7.05 Å². The molecule has 1 atom stereocenters. The summed E-state index contributed by atoms with van der Waals surface area (Å²) in [4.78, 5) is 2.28. The van der Waals surface area contributed by atoms with Crippen molar-refractivity contribution in [3.05, 3.63) is 54.9 Å². The van der Waals surface area contributed by atoms with E-state index in [1.54, 1.807) is 23.5 Å². The third kappa shape index (κ3) is 2.62. The van der Waals surface area contributed by atoms with E-state index in [1.807, 2.05) is 26.1 Å². The maximum absolute atomic E-state index is 14.2. The minimum atomic E-state index is -0.378. The molecule has 0 aliphatic rings. The summed E-state index contributed by atoms with van der Waals surface area (Å²) in [5, 5.41) is 3.26. The highest BCUT2D eigenvalue weighted by molar-refractivity contribution is 9.10. The van der Waals surface area contributed by atoms with E-state index in [-0.39, 0.29) is 16.9 Å². The quantitative estimate of drug-likeness (QED) is 0.776. The van der Waals surface area contributed by atoms with Gasteiger partial charge in [-0.05, 0) is 48.1 Å². The van der Waals surface area contributed by atoms with Gasteiger partial charge in [0, 0.05) is 19.8 Å². The molecule has 2 aromatic rings. The van der Waals surface area contributed by atoms with Gasteiger partial charge >= 0.3 is 0 Å². The van der Waals surface area contributed by atoms with Gasteiger partial charge in [-0.15, -0.1) is 11.3 Å². The van der Waals surface area contributed by atoms with Crippen LogP contribution in [0.2, 0.25) is 5.02 Å². The Balaban J connectivity index is 2.49. The molecular weight excluding hydrogens is 337 g/mol. The lowest BCUT2D eigenvalue weighted by Gasteiger charge is -2.17. The average molecular weight is 349 g/mol. The van der Waals surface area contributed by atoms with Gasteiger partial charge in [-0.25, -0.2) is 4.39 Å². The van der Waals surface area contributed by atoms with Gasteiger partial charge in [-0.1, -0.05) is 17.7 Å². The van der Waals surface area contributed by atoms with E-state index in [4.69, 9.17) is 11.6 Å². The van der Waals surface area contributed by atoms with Gasteiger partial charge in [0.1, 0.15) is 5.82 Å². The van der Waals surface area contributed by atoms with Crippen LogP contribution in [0.5, 0.6) is 0 Å². The lowest BCUT2D eigenvalue weighted by Crippen LogP contribution is -2.18. The number of hydrogen-bond donors (Lipinski definition) is 1. The van der Waals surface area contributed by atoms with Gasteiger partial charge in [0.15, 0.2) is 0 Å². The van der Waals surface area contributed by atoms with Crippen LogP contribution >= 0.6 is 38.9 Å². The molecule has 5 heteroatoms. The van der Waals surface area contributed by atoms with Crippen molar-refractivity contribution in [1.29, 1.82) is 0 Å². The Labute approximate surface area is 123 Å². The largest absolute Gasteiger partial charge is 0.309 e. The van der Waals surface area contributed by atoms with Crippen LogP contribution in [-0.4, -0.2) is 7.05 Å². The second-order valence-electron chi connectivity index (χ2n) is 3.93. The maximum Gasteiger partial charge on any atom is 0.148 e. The van der Waals surface area contributed by atoms with E-state index in [0.29, 0.717) is 10.0 Å². The number of thiophene rings is 1. The minimum absolute atomic E-state index is 0.126. The molecule has 1 aromatic heterocycles. The number of halogens is 3. The Hall–Kier alpha value is -0.420. The number of rotatable bonds is 3. The van der Waals surface area contributed by atoms with Gasteiger partial charge in [-0.3, -0.25) is 0 Å². The minimum Gasteiger partial charge on any atom is -0.309 e. The predicted octanol–water partition coefficient (Wildman–Crippen LogP) is 4.92. The second-order valence-corrected chi connectivity index (χ2v) is 6.49. The molecule has 2 rings (SSSR count). The summed E-state index contributed by atoms with van der Waals surface area (Å²) < 4.78 is 14.8. The molecule has 0 aliphatic heterocycles. The molecule has 0 bridgehead atoms. The lowest BCUT2D eigenvalue weighted by molar-refractivity contribution is 0.579. The highest BCUT2D eigenvalue weighted by atomic mass is 79.9. The van der Waals surface area contributed by atoms with Crippen molar-refractivity contribution in [3.63, 3.8) is 0 Å². The monoisotopic (exact) mass is 347 g/mol. The van der Waals surface area contributed by atoms with Gasteiger partial charge in [0.05, 0.1) is 11.1 Å². The molecule has 1 aromatic carbocycles. The molecular formula is C13H12BrClFNS. The molecule has 0 aliphatic carbocycles. The van der Waals surface area contributed by atoms with Crippen LogP contribution < -0.4 is 5.32 Å². The Morgan fingerprint density at radius 1 is 1.33 bits per heavy atom. The molecule has 0 fully saturated rings. The van der Waals surface area contributed by atoms with Crippen LogP contribution in [0.25, 0.3) is 0 Å². The predicted molar refractivity (Wildman–Crippen MR) is 79.1 cm³/mol. The van der Waals surface area contributed by atoms with E-state index in [1.165, 1.54) is 4.88 Å². The Morgan fingerprint density at radius 2 is 2.06 bits per heavy atom. The maximum atomic E-state index is 14.2. The number of hydrogen-bond acceptors (Lipinski definition) is 2. The van der Waals surface area contributed by atoms with Crippen LogP contribution in [0.1, 0.15) is 21.4 Å². The normalized spacial score (nSPS) is 12.7. The van der Waals surface area contributed by atoms with Gasteiger partial charge in [0.25, 0.3) is 0 Å². The molecule has 0 saturated carbocycles. The van der Waals surface area contributed by atoms with Crippen molar-refractivity contribution < 1.29 is 4.39 Å². The Kier molecular flexibility index (Phi) is 4.43. The second kappa shape index (κ2) is 5.70. The Bertz CT molecular complexity index is 570. The van der Waals surface area contributed by atoms with E-state index in [0.717, 1.165) is 4.88 Å². The molecule has 0 radical (unpaired) electrons. The first-order valence-electron chi connectivity index (χ1n) is 5.41. The van der Waals surface area contributed by atoms with Gasteiger partial charge < -0.3 is 5.32 Å². The fourth-order valence-electron chi connectivity index (χ4n) is 1.82. The molecule has 96 valence electrons. The third-order valence-electron chi connectivity index (χ3n) is 2.71. The first kappa shape index (κ1) is 14.0. The zero-order valence-electron chi connectivity index (χ0n) is 9.93. The van der Waals surface area contributed by atoms with Crippen LogP contribution in [0, 0.1) is 12.7 Å². The summed E-state index contributed by atoms with van der Waals surface area (Å²) in [7, 11) is 1.81. The van der Waals surface area contributed by atoms with Crippen molar-refractivity contribution in [2.24, 2.45) is 0 Å². The molecule has 0 amide bonds. The van der Waals surface area contributed by atoms with Crippen molar-refractivity contribution in [3.8, 4) is 0 Å². The smallest absolute Gasteiger partial charge is 0.148 e. The van der Waals surface area contributed by atoms with Crippen LogP contribution in [0.15, 0.2) is 28.7 Å². The molecule has 1 unspecified atom stereocenters. The third-order valence-corrected chi connectivity index (χ3v) is 5.03. The van der Waals surface area contributed by atoms with E-state index in [2.05, 4.69) is 21.2 Å². The summed E-state index contributed by atoms with van der Waals surface area (Å²) >= 11 is 10.8. The van der Waals surface area contributed by atoms with E-state index in [9.17, 15) is 4.39 Å². The molecule has 18 heavy (non-hydrogen) atoms. The summed E-state index contributed by atoms with van der Waals surface area (Å²) in [6.45, 7) is 2.03. The fourth-order valence-corrected chi connectivity index (χ4v) is 3.31. The molecule has 1 N–H and O–H groups in total. The summed E-state index contributed by atoms with van der Waals surface area (Å²) in [5.74, 6) is -0.378. The van der Waals surface area contributed by atoms with Crippen LogP contribution in [0.3, 0.4) is 0 Å². The number of aryl methyl sites for hydroxylation is 1. The van der Waals surface area contributed by atoms with Crippen molar-refractivity contribution >= 4 is 38.9 Å². The highest BCUT2D eigenvalue weighted by Crippen LogP contribution is 2.34. The standard InChI is InChI=1S/C13H12BrClFNS/c1-7-3-6-10(18-7)13(17-2)8-4-5-9(14)11(15)12(8)16/h3-6,13,17H,1-2H3. The van der Waals surface area contributed by atoms with E-state index < -0.39 is 0 Å². The van der Waals surface area contributed by atoms with Crippen molar-refractivity contribution in [2.45, 2.75) is 13.0 Å². The highest BCUT2D eigenvalue weighted by Gasteiger charge is 2.20. The van der Waals surface area contributed by atoms with Crippen molar-refractivity contribution in [1.82, 2.24) is 5.32 Å². The zero-order chi connectivity index (χ0) is 13.3. The summed E-state index contributed by atoms with van der Waals surface area (Å²) in [5.41, 5.74) is 0.563. The number of benzene rings is 1. The summed E-state index contributed by atoms with van der Waals surface area (Å²) in [6.07, 6.45) is 0. The molecule has 1 nitrogen and oxygen atoms in total. The molecule has 0 spiro atoms. The van der Waals surface area contributed by atoms with Crippen LogP contribution in [0.4, 0.5) is 4.39 Å². The lowest BCUT2D eigenvalue weighted by atomic mass is 10.0. The van der Waals surface area contributed by atoms with Gasteiger partial charge in [0.2, 0.25) is 0 Å². The fraction of sp³-hybridized carbons (Fsp3) is 0.231. The Morgan fingerprint density at radius 3 is 2.61 bits per heavy atom. The SMILES string of the molecule is CNC(c1ccc(C)s1)c1ccc(Br)c(Cl)c1F. The molecule has 1 heterocycles. The molecule has 0 saturated heterocycles. The van der Waals surface area contributed by atoms with E-state index >= 15 is 0 Å². The number of nitrogens with one attached hydrogen (secondary N) is 1. The van der Waals surface area contributed by atoms with Gasteiger partial charge in [-0.2, -0.15) is 0 Å². The average Bonchev–Trinajstić information content (AvgIpc) is 2.77. The first-order chi connectivity index (χ1) is 8.54. The topological polar surface area (TPSA) is 12.0 Å².